The molecule has 0 radical (unpaired) electrons. The van der Waals surface area contributed by atoms with Gasteiger partial charge in [-0.1, -0.05) is 6.92 Å². The third-order valence-electron chi connectivity index (χ3n) is 3.33. The van der Waals surface area contributed by atoms with Crippen LogP contribution in [0.4, 0.5) is 23.7 Å². The number of aromatic nitrogens is 1. The first kappa shape index (κ1) is 17.3. The van der Waals surface area contributed by atoms with Crippen LogP contribution in [0.15, 0.2) is 18.3 Å². The number of carbonyl (C=O) groups excluding carboxylic acids is 1. The van der Waals surface area contributed by atoms with Crippen LogP contribution in [0, 0.1) is 0 Å². The van der Waals surface area contributed by atoms with Crippen LogP contribution < -0.4 is 10.1 Å². The normalized spacial score (nSPS) is 18.6. The van der Waals surface area contributed by atoms with Gasteiger partial charge in [0.15, 0.2) is 6.61 Å². The van der Waals surface area contributed by atoms with Crippen molar-refractivity contribution in [2.75, 3.05) is 31.7 Å². The number of nitrogens with zero attached hydrogens (tertiary/aromatic N) is 2. The maximum atomic E-state index is 12.3. The molecule has 2 heterocycles. The number of alkyl halides is 3. The van der Waals surface area contributed by atoms with Gasteiger partial charge in [0.1, 0.15) is 0 Å². The van der Waals surface area contributed by atoms with Gasteiger partial charge < -0.3 is 19.7 Å². The molecule has 1 aliphatic heterocycles. The summed E-state index contributed by atoms with van der Waals surface area (Å²) in [5.74, 6) is -0.200. The Morgan fingerprint density at radius 1 is 1.57 bits per heavy atom. The summed E-state index contributed by atoms with van der Waals surface area (Å²) in [5, 5.41) is 2.64. The van der Waals surface area contributed by atoms with Crippen molar-refractivity contribution in [2.24, 2.45) is 0 Å². The number of rotatable bonds is 4. The van der Waals surface area contributed by atoms with Gasteiger partial charge in [0, 0.05) is 24.5 Å². The summed E-state index contributed by atoms with van der Waals surface area (Å²) in [6.07, 6.45) is -2.41. The molecule has 1 atom stereocenters. The second-order valence-corrected chi connectivity index (χ2v) is 5.05. The summed E-state index contributed by atoms with van der Waals surface area (Å²) in [7, 11) is 0. The van der Waals surface area contributed by atoms with E-state index in [9.17, 15) is 18.0 Å². The number of hydrogen-bond donors (Lipinski definition) is 1. The molecule has 1 aliphatic rings. The lowest BCUT2D eigenvalue weighted by Crippen LogP contribution is -2.50. The average molecular weight is 333 g/mol. The van der Waals surface area contributed by atoms with Crippen LogP contribution in [0.5, 0.6) is 5.88 Å². The molecule has 1 aromatic rings. The predicted molar refractivity (Wildman–Crippen MR) is 76.4 cm³/mol. The van der Waals surface area contributed by atoms with Gasteiger partial charge in [-0.2, -0.15) is 13.2 Å². The highest BCUT2D eigenvalue weighted by atomic mass is 19.4. The first-order valence-corrected chi connectivity index (χ1v) is 7.20. The summed E-state index contributed by atoms with van der Waals surface area (Å²) >= 11 is 0. The SMILES string of the molecule is CCC1COCCN1C(=O)Nc1ccnc(OCC(F)(F)F)c1. The molecule has 128 valence electrons. The van der Waals surface area contributed by atoms with E-state index in [4.69, 9.17) is 4.74 Å². The third kappa shape index (κ3) is 5.27. The molecule has 0 spiro atoms. The summed E-state index contributed by atoms with van der Waals surface area (Å²) in [4.78, 5) is 17.6. The number of anilines is 1. The van der Waals surface area contributed by atoms with Crippen LogP contribution >= 0.6 is 0 Å². The van der Waals surface area contributed by atoms with Crippen LogP contribution in [0.1, 0.15) is 13.3 Å². The van der Waals surface area contributed by atoms with Crippen molar-refractivity contribution in [3.63, 3.8) is 0 Å². The van der Waals surface area contributed by atoms with Crippen molar-refractivity contribution in [3.8, 4) is 5.88 Å². The van der Waals surface area contributed by atoms with Crippen LogP contribution in [-0.4, -0.2) is 54.5 Å². The van der Waals surface area contributed by atoms with Crippen molar-refractivity contribution in [3.05, 3.63) is 18.3 Å². The van der Waals surface area contributed by atoms with Gasteiger partial charge in [-0.05, 0) is 12.5 Å². The summed E-state index contributed by atoms with van der Waals surface area (Å²) in [6, 6.07) is 2.39. The lowest BCUT2D eigenvalue weighted by Gasteiger charge is -2.35. The molecule has 23 heavy (non-hydrogen) atoms. The van der Waals surface area contributed by atoms with Crippen LogP contribution in [0.3, 0.4) is 0 Å². The standard InChI is InChI=1S/C14H18F3N3O3/c1-2-11-8-22-6-5-20(11)13(21)19-10-3-4-18-12(7-10)23-9-14(15,16)17/h3-4,7,11H,2,5-6,8-9H2,1H3,(H,18,19,21). The second kappa shape index (κ2) is 7.49. The zero-order valence-electron chi connectivity index (χ0n) is 12.6. The van der Waals surface area contributed by atoms with E-state index in [1.54, 1.807) is 4.90 Å². The Morgan fingerprint density at radius 3 is 3.04 bits per heavy atom. The Hall–Kier alpha value is -2.03. The van der Waals surface area contributed by atoms with Gasteiger partial charge in [-0.3, -0.25) is 0 Å². The van der Waals surface area contributed by atoms with Crippen molar-refractivity contribution >= 4 is 11.7 Å². The van der Waals surface area contributed by atoms with Crippen molar-refractivity contribution in [1.82, 2.24) is 9.88 Å². The number of ether oxygens (including phenoxy) is 2. The van der Waals surface area contributed by atoms with Crippen molar-refractivity contribution in [2.45, 2.75) is 25.6 Å². The third-order valence-corrected chi connectivity index (χ3v) is 3.33. The molecule has 9 heteroatoms. The van der Waals surface area contributed by atoms with Gasteiger partial charge in [0.25, 0.3) is 0 Å². The van der Waals surface area contributed by atoms with E-state index in [1.807, 2.05) is 6.92 Å². The zero-order valence-corrected chi connectivity index (χ0v) is 12.6. The summed E-state index contributed by atoms with van der Waals surface area (Å²) < 4.78 is 46.3. The molecule has 2 amide bonds. The Bertz CT molecular complexity index is 539. The smallest absolute Gasteiger partial charge is 0.422 e. The average Bonchev–Trinajstić information content (AvgIpc) is 2.52. The fourth-order valence-corrected chi connectivity index (χ4v) is 2.18. The molecule has 1 aromatic heterocycles. The first-order valence-electron chi connectivity index (χ1n) is 7.20. The van der Waals surface area contributed by atoms with E-state index in [-0.39, 0.29) is 18.0 Å². The monoisotopic (exact) mass is 333 g/mol. The van der Waals surface area contributed by atoms with E-state index in [2.05, 4.69) is 15.0 Å². The maximum absolute atomic E-state index is 12.3. The quantitative estimate of drug-likeness (QED) is 0.920. The molecule has 1 unspecified atom stereocenters. The zero-order chi connectivity index (χ0) is 16.9. The number of urea groups is 1. The number of morpholine rings is 1. The number of pyridine rings is 1. The van der Waals surface area contributed by atoms with Crippen LogP contribution in [0.25, 0.3) is 0 Å². The molecule has 1 fully saturated rings. The molecule has 0 aliphatic carbocycles. The predicted octanol–water partition coefficient (Wildman–Crippen LogP) is 2.67. The van der Waals surface area contributed by atoms with Gasteiger partial charge >= 0.3 is 12.2 Å². The minimum Gasteiger partial charge on any atom is -0.468 e. The van der Waals surface area contributed by atoms with E-state index in [0.717, 1.165) is 6.42 Å². The first-order chi connectivity index (χ1) is 10.9. The largest absolute Gasteiger partial charge is 0.468 e. The molecular weight excluding hydrogens is 315 g/mol. The lowest BCUT2D eigenvalue weighted by atomic mass is 10.2. The molecule has 0 aromatic carbocycles. The Kier molecular flexibility index (Phi) is 5.64. The molecule has 1 saturated heterocycles. The van der Waals surface area contributed by atoms with Crippen LogP contribution in [0.2, 0.25) is 0 Å². The van der Waals surface area contributed by atoms with E-state index < -0.39 is 12.8 Å². The van der Waals surface area contributed by atoms with Crippen molar-refractivity contribution in [1.29, 1.82) is 0 Å². The lowest BCUT2D eigenvalue weighted by molar-refractivity contribution is -0.154. The summed E-state index contributed by atoms with van der Waals surface area (Å²) in [5.41, 5.74) is 0.323. The number of amides is 2. The van der Waals surface area contributed by atoms with Gasteiger partial charge in [0.05, 0.1) is 19.3 Å². The van der Waals surface area contributed by atoms with Gasteiger partial charge in [-0.25, -0.2) is 9.78 Å². The molecule has 1 N–H and O–H groups in total. The number of carbonyl (C=O) groups is 1. The summed E-state index contributed by atoms with van der Waals surface area (Å²) in [6.45, 7) is 1.92. The van der Waals surface area contributed by atoms with Gasteiger partial charge in [-0.15, -0.1) is 0 Å². The fraction of sp³-hybridized carbons (Fsp3) is 0.571. The van der Waals surface area contributed by atoms with E-state index >= 15 is 0 Å². The minimum atomic E-state index is -4.44. The second-order valence-electron chi connectivity index (χ2n) is 5.05. The fourth-order valence-electron chi connectivity index (χ4n) is 2.18. The highest BCUT2D eigenvalue weighted by molar-refractivity contribution is 5.89. The minimum absolute atomic E-state index is 0.0217. The number of hydrogen-bond acceptors (Lipinski definition) is 4. The van der Waals surface area contributed by atoms with E-state index in [1.165, 1.54) is 18.3 Å². The highest BCUT2D eigenvalue weighted by Crippen LogP contribution is 2.20. The topological polar surface area (TPSA) is 63.7 Å². The van der Waals surface area contributed by atoms with Crippen molar-refractivity contribution < 1.29 is 27.4 Å². The Balaban J connectivity index is 1.97. The highest BCUT2D eigenvalue weighted by Gasteiger charge is 2.29. The number of nitrogens with one attached hydrogen (secondary N) is 1. The molecule has 6 nitrogen and oxygen atoms in total. The van der Waals surface area contributed by atoms with E-state index in [0.29, 0.717) is 25.4 Å². The molecular formula is C14H18F3N3O3. The number of halogens is 3. The molecule has 0 saturated carbocycles. The van der Waals surface area contributed by atoms with Gasteiger partial charge in [0.2, 0.25) is 5.88 Å². The molecule has 0 bridgehead atoms. The molecule has 2 rings (SSSR count). The van der Waals surface area contributed by atoms with Crippen LogP contribution in [-0.2, 0) is 4.74 Å². The maximum Gasteiger partial charge on any atom is 0.422 e. The Labute approximate surface area is 131 Å². The Morgan fingerprint density at radius 2 is 2.35 bits per heavy atom.